The first-order chi connectivity index (χ1) is 14.0. The summed E-state index contributed by atoms with van der Waals surface area (Å²) in [6.45, 7) is 5.39. The van der Waals surface area contributed by atoms with E-state index < -0.39 is 5.97 Å². The number of nitrogens with zero attached hydrogens (tertiary/aromatic N) is 1. The second-order valence-electron chi connectivity index (χ2n) is 6.79. The van der Waals surface area contributed by atoms with Crippen molar-refractivity contribution >= 4 is 16.9 Å². The van der Waals surface area contributed by atoms with Gasteiger partial charge in [-0.3, -0.25) is 4.79 Å². The largest absolute Gasteiger partial charge is 0.490 e. The van der Waals surface area contributed by atoms with Crippen molar-refractivity contribution in [2.45, 2.75) is 13.1 Å². The maximum absolute atomic E-state index is 12.4. The minimum Gasteiger partial charge on any atom is -0.490 e. The Morgan fingerprint density at radius 1 is 1.21 bits per heavy atom. The van der Waals surface area contributed by atoms with E-state index in [-0.39, 0.29) is 5.56 Å². The molecule has 7 heteroatoms. The number of quaternary nitrogens is 1. The lowest BCUT2D eigenvalue weighted by Crippen LogP contribution is -3.06. The molecule has 3 rings (SSSR count). The van der Waals surface area contributed by atoms with Gasteiger partial charge in [0.2, 0.25) is 0 Å². The third kappa shape index (κ3) is 5.08. The number of aromatic amines is 1. The summed E-state index contributed by atoms with van der Waals surface area (Å²) in [5, 5.41) is 0.439. The molecule has 0 aliphatic heterocycles. The van der Waals surface area contributed by atoms with Gasteiger partial charge >= 0.3 is 5.97 Å². The number of hydrogen-bond donors (Lipinski definition) is 2. The maximum Gasteiger partial charge on any atom is 0.337 e. The van der Waals surface area contributed by atoms with Gasteiger partial charge in [0.25, 0.3) is 5.56 Å². The Labute approximate surface area is 168 Å². The number of methoxy groups -OCH3 is 1. The fourth-order valence-electron chi connectivity index (χ4n) is 3.07. The summed E-state index contributed by atoms with van der Waals surface area (Å²) in [5.74, 6) is 0.903. The highest BCUT2D eigenvalue weighted by atomic mass is 16.5. The average molecular weight is 394 g/mol. The van der Waals surface area contributed by atoms with Gasteiger partial charge in [0.15, 0.2) is 5.82 Å². The van der Waals surface area contributed by atoms with E-state index in [1.807, 2.05) is 31.3 Å². The van der Waals surface area contributed by atoms with E-state index in [2.05, 4.69) is 16.5 Å². The average Bonchev–Trinajstić information content (AvgIpc) is 2.72. The second kappa shape index (κ2) is 9.16. The summed E-state index contributed by atoms with van der Waals surface area (Å²) >= 11 is 0. The van der Waals surface area contributed by atoms with Crippen molar-refractivity contribution in [1.29, 1.82) is 0 Å². The van der Waals surface area contributed by atoms with Crippen LogP contribution < -0.4 is 15.2 Å². The molecule has 2 N–H and O–H groups in total. The van der Waals surface area contributed by atoms with E-state index in [1.54, 1.807) is 24.3 Å². The number of hydrogen-bond acceptors (Lipinski definition) is 5. The molecule has 150 valence electrons. The predicted octanol–water partition coefficient (Wildman–Crippen LogP) is 1.49. The van der Waals surface area contributed by atoms with Crippen LogP contribution in [0.25, 0.3) is 10.9 Å². The number of carbonyl (C=O) groups is 1. The van der Waals surface area contributed by atoms with Gasteiger partial charge in [-0.2, -0.15) is 0 Å². The fourth-order valence-corrected chi connectivity index (χ4v) is 3.07. The van der Waals surface area contributed by atoms with Crippen LogP contribution in [0.15, 0.2) is 59.9 Å². The van der Waals surface area contributed by atoms with Crippen LogP contribution in [0.3, 0.4) is 0 Å². The molecule has 0 aliphatic rings. The quantitative estimate of drug-likeness (QED) is 0.447. The molecule has 1 aromatic heterocycles. The number of aromatic nitrogens is 2. The molecule has 1 heterocycles. The Morgan fingerprint density at radius 3 is 2.66 bits per heavy atom. The molecular weight excluding hydrogens is 370 g/mol. The van der Waals surface area contributed by atoms with Crippen LogP contribution in [-0.2, 0) is 17.8 Å². The number of ether oxygens (including phenoxy) is 2. The first-order valence-corrected chi connectivity index (χ1v) is 9.25. The number of nitrogens with one attached hydrogen (secondary N) is 2. The van der Waals surface area contributed by atoms with Crippen molar-refractivity contribution in [3.05, 3.63) is 82.4 Å². The van der Waals surface area contributed by atoms with Crippen LogP contribution in [0, 0.1) is 0 Å². The highest BCUT2D eigenvalue weighted by Crippen LogP contribution is 2.12. The van der Waals surface area contributed by atoms with Crippen molar-refractivity contribution < 1.29 is 19.2 Å². The third-order valence-corrected chi connectivity index (χ3v) is 4.44. The Bertz CT molecular complexity index is 1070. The lowest BCUT2D eigenvalue weighted by Gasteiger charge is -2.14. The van der Waals surface area contributed by atoms with Crippen LogP contribution in [0.5, 0.6) is 5.75 Å². The van der Waals surface area contributed by atoms with Crippen molar-refractivity contribution in [3.63, 3.8) is 0 Å². The van der Waals surface area contributed by atoms with E-state index in [0.29, 0.717) is 35.4 Å². The molecule has 0 saturated heterocycles. The molecule has 0 spiro atoms. The topological polar surface area (TPSA) is 85.7 Å². The van der Waals surface area contributed by atoms with Crippen molar-refractivity contribution in [3.8, 4) is 5.75 Å². The molecule has 7 nitrogen and oxygen atoms in total. The Morgan fingerprint density at radius 2 is 1.97 bits per heavy atom. The van der Waals surface area contributed by atoms with Gasteiger partial charge in [-0.15, -0.1) is 0 Å². The number of carbonyl (C=O) groups excluding carboxylic acids is 1. The maximum atomic E-state index is 12.4. The van der Waals surface area contributed by atoms with Gasteiger partial charge in [0.05, 0.1) is 30.6 Å². The lowest BCUT2D eigenvalue weighted by atomic mass is 10.1. The summed E-state index contributed by atoms with van der Waals surface area (Å²) in [7, 11) is 3.34. The third-order valence-electron chi connectivity index (χ3n) is 4.44. The number of benzene rings is 2. The van der Waals surface area contributed by atoms with Gasteiger partial charge in [-0.05, 0) is 42.5 Å². The Balaban J connectivity index is 1.73. The van der Waals surface area contributed by atoms with E-state index in [4.69, 9.17) is 9.47 Å². The van der Waals surface area contributed by atoms with Crippen molar-refractivity contribution in [1.82, 2.24) is 9.97 Å². The number of esters is 1. The number of rotatable bonds is 8. The molecule has 0 radical (unpaired) electrons. The zero-order chi connectivity index (χ0) is 20.8. The fraction of sp³-hybridized carbons (Fsp3) is 0.227. The molecular formula is C22H24N3O4+. The molecule has 3 aromatic rings. The number of fused-ring (bicyclic) bond motifs is 1. The highest BCUT2D eigenvalue weighted by molar-refractivity contribution is 5.93. The van der Waals surface area contributed by atoms with Gasteiger partial charge in [-0.1, -0.05) is 12.7 Å². The summed E-state index contributed by atoms with van der Waals surface area (Å²) in [4.78, 5) is 32.6. The summed E-state index contributed by atoms with van der Waals surface area (Å²) < 4.78 is 10.2. The Hall–Kier alpha value is -3.45. The summed E-state index contributed by atoms with van der Waals surface area (Å²) in [6, 6.07) is 12.6. The molecule has 1 unspecified atom stereocenters. The second-order valence-corrected chi connectivity index (χ2v) is 6.79. The minimum atomic E-state index is -0.459. The number of H-pyrrole nitrogens is 1. The van der Waals surface area contributed by atoms with Crippen molar-refractivity contribution in [2.75, 3.05) is 20.8 Å². The first kappa shape index (κ1) is 20.3. The van der Waals surface area contributed by atoms with Gasteiger partial charge in [0.1, 0.15) is 25.4 Å². The van der Waals surface area contributed by atoms with Gasteiger partial charge in [0, 0.05) is 5.56 Å². The predicted molar refractivity (Wildman–Crippen MR) is 110 cm³/mol. The van der Waals surface area contributed by atoms with E-state index in [1.165, 1.54) is 7.11 Å². The first-order valence-electron chi connectivity index (χ1n) is 9.25. The van der Waals surface area contributed by atoms with E-state index >= 15 is 0 Å². The molecule has 0 saturated carbocycles. The van der Waals surface area contributed by atoms with Crippen LogP contribution in [0.2, 0.25) is 0 Å². The van der Waals surface area contributed by atoms with Crippen LogP contribution in [0.1, 0.15) is 21.7 Å². The molecule has 1 atom stereocenters. The molecule has 0 bridgehead atoms. The molecule has 0 aliphatic carbocycles. The molecule has 2 aromatic carbocycles. The summed E-state index contributed by atoms with van der Waals surface area (Å²) in [5.41, 5.74) is 1.76. The van der Waals surface area contributed by atoms with Gasteiger partial charge in [-0.25, -0.2) is 9.78 Å². The van der Waals surface area contributed by atoms with Gasteiger partial charge < -0.3 is 19.4 Å². The SMILES string of the molecule is C=CCOc1ccc(C[NH+](C)Cc2nc3cc(C(=O)OC)ccc3c(=O)[nH]2)cc1. The van der Waals surface area contributed by atoms with E-state index in [9.17, 15) is 9.59 Å². The standard InChI is InChI=1S/C22H23N3O4/c1-4-11-29-17-8-5-15(6-9-17)13-25(2)14-20-23-19-12-16(22(27)28-3)7-10-18(19)21(26)24-20/h4-10,12H,1,11,13-14H2,2-3H3,(H,23,24,26)/p+1. The normalized spacial score (nSPS) is 11.8. The monoisotopic (exact) mass is 394 g/mol. The zero-order valence-electron chi connectivity index (χ0n) is 16.5. The highest BCUT2D eigenvalue weighted by Gasteiger charge is 2.12. The molecule has 0 fully saturated rings. The minimum absolute atomic E-state index is 0.224. The molecule has 29 heavy (non-hydrogen) atoms. The van der Waals surface area contributed by atoms with Crippen molar-refractivity contribution in [2.24, 2.45) is 0 Å². The van der Waals surface area contributed by atoms with Crippen LogP contribution in [-0.4, -0.2) is 36.7 Å². The molecule has 0 amide bonds. The van der Waals surface area contributed by atoms with E-state index in [0.717, 1.165) is 22.8 Å². The Kier molecular flexibility index (Phi) is 6.41. The lowest BCUT2D eigenvalue weighted by molar-refractivity contribution is -0.908. The zero-order valence-corrected chi connectivity index (χ0v) is 16.5. The smallest absolute Gasteiger partial charge is 0.337 e. The van der Waals surface area contributed by atoms with Crippen LogP contribution in [0.4, 0.5) is 0 Å². The van der Waals surface area contributed by atoms with Crippen LogP contribution >= 0.6 is 0 Å². The summed E-state index contributed by atoms with van der Waals surface area (Å²) in [6.07, 6.45) is 1.71.